The smallest absolute Gasteiger partial charge is 0.309 e. The predicted molar refractivity (Wildman–Crippen MR) is 126 cm³/mol. The van der Waals surface area contributed by atoms with E-state index < -0.39 is 36.5 Å². The van der Waals surface area contributed by atoms with Crippen LogP contribution in [0.1, 0.15) is 52.2 Å². The molecule has 1 unspecified atom stereocenters. The van der Waals surface area contributed by atoms with Gasteiger partial charge in [0, 0.05) is 20.5 Å². The fourth-order valence-corrected chi connectivity index (χ4v) is 5.15. The fourth-order valence-electron chi connectivity index (χ4n) is 5.15. The third-order valence-corrected chi connectivity index (χ3v) is 6.87. The normalized spacial score (nSPS) is 27.9. The Morgan fingerprint density at radius 3 is 2.51 bits per heavy atom. The molecule has 4 heterocycles. The predicted octanol–water partition coefficient (Wildman–Crippen LogP) is 1.52. The van der Waals surface area contributed by atoms with Crippen LogP contribution < -0.4 is 5.32 Å². The number of carbonyl (C=O) groups is 3. The van der Waals surface area contributed by atoms with Crippen molar-refractivity contribution < 1.29 is 38.1 Å². The number of hydrogen-bond acceptors (Lipinski definition) is 12. The van der Waals surface area contributed by atoms with Crippen molar-refractivity contribution in [1.29, 1.82) is 0 Å². The number of rotatable bonds is 8. The zero-order chi connectivity index (χ0) is 25.9. The van der Waals surface area contributed by atoms with Gasteiger partial charge in [-0.15, -0.1) is 0 Å². The first-order valence-corrected chi connectivity index (χ1v) is 12.6. The molecule has 5 atom stereocenters. The van der Waals surface area contributed by atoms with E-state index in [1.165, 1.54) is 26.5 Å². The molecule has 2 aromatic heterocycles. The molecule has 0 bridgehead atoms. The third-order valence-electron chi connectivity index (χ3n) is 6.87. The molecule has 13 nitrogen and oxygen atoms in total. The second-order valence-corrected chi connectivity index (χ2v) is 9.58. The van der Waals surface area contributed by atoms with E-state index >= 15 is 0 Å². The Bertz CT molecular complexity index is 1140. The number of carbonyl (C=O) groups excluding carboxylic acids is 3. The van der Waals surface area contributed by atoms with Crippen molar-refractivity contribution >= 4 is 34.9 Å². The van der Waals surface area contributed by atoms with E-state index in [4.69, 9.17) is 23.7 Å². The molecule has 3 aliphatic rings. The minimum atomic E-state index is -1.02. The summed E-state index contributed by atoms with van der Waals surface area (Å²) in [6, 6.07) is 0.104. The van der Waals surface area contributed by atoms with Gasteiger partial charge in [-0.3, -0.25) is 19.0 Å². The highest BCUT2D eigenvalue weighted by atomic mass is 16.7. The summed E-state index contributed by atoms with van der Waals surface area (Å²) in [5.41, 5.74) is 0.934. The molecular formula is C24H31N5O8. The number of esters is 3. The number of hydrogen-bond donors (Lipinski definition) is 1. The second kappa shape index (κ2) is 11.0. The average Bonchev–Trinajstić information content (AvgIpc) is 3.66. The number of anilines is 1. The molecule has 0 spiro atoms. The van der Waals surface area contributed by atoms with E-state index in [1.807, 2.05) is 0 Å². The van der Waals surface area contributed by atoms with E-state index in [2.05, 4.69) is 20.3 Å². The molecule has 0 radical (unpaired) electrons. The maximum absolute atomic E-state index is 12.5. The van der Waals surface area contributed by atoms with Crippen molar-refractivity contribution in [2.45, 2.75) is 76.5 Å². The fraction of sp³-hybridized carbons (Fsp3) is 0.667. The number of aromatic nitrogens is 4. The van der Waals surface area contributed by atoms with Gasteiger partial charge < -0.3 is 29.0 Å². The minimum absolute atomic E-state index is 0.104. The molecule has 1 N–H and O–H groups in total. The largest absolute Gasteiger partial charge is 0.463 e. The molecular weight excluding hydrogens is 486 g/mol. The first-order chi connectivity index (χ1) is 17.9. The van der Waals surface area contributed by atoms with E-state index in [9.17, 15) is 14.4 Å². The summed E-state index contributed by atoms with van der Waals surface area (Å²) in [7, 11) is 0. The lowest BCUT2D eigenvalue weighted by molar-refractivity contribution is -0.167. The summed E-state index contributed by atoms with van der Waals surface area (Å²) in [5.74, 6) is -1.06. The Labute approximate surface area is 213 Å². The van der Waals surface area contributed by atoms with Crippen LogP contribution in [0, 0.1) is 5.92 Å². The van der Waals surface area contributed by atoms with Gasteiger partial charge in [-0.05, 0) is 19.3 Å². The highest BCUT2D eigenvalue weighted by molar-refractivity contribution is 5.83. The number of ether oxygens (including phenoxy) is 5. The van der Waals surface area contributed by atoms with Crippen LogP contribution in [0.4, 0.5) is 5.82 Å². The Kier molecular flexibility index (Phi) is 7.51. The summed E-state index contributed by atoms with van der Waals surface area (Å²) in [5, 5.41) is 3.33. The first-order valence-electron chi connectivity index (χ1n) is 12.6. The molecule has 5 rings (SSSR count). The lowest BCUT2D eigenvalue weighted by Crippen LogP contribution is -2.40. The highest BCUT2D eigenvalue weighted by Gasteiger charge is 2.51. The zero-order valence-electron chi connectivity index (χ0n) is 20.8. The van der Waals surface area contributed by atoms with Crippen LogP contribution in [0.2, 0.25) is 0 Å². The number of nitrogens with zero attached hydrogens (tertiary/aromatic N) is 4. The summed E-state index contributed by atoms with van der Waals surface area (Å²) in [6.07, 6.45) is 3.49. The topological polar surface area (TPSA) is 153 Å². The molecule has 2 aromatic rings. The SMILES string of the molecule is CC(=O)O[C@@H]1[C@@H](COC(=O)C2CCCC2)OC(n2cnc3c(N[C@@H]4CCOC4)ncnc32)[C@@H]1OC(C)=O. The summed E-state index contributed by atoms with van der Waals surface area (Å²) < 4.78 is 29.9. The van der Waals surface area contributed by atoms with Crippen molar-refractivity contribution in [3.63, 3.8) is 0 Å². The maximum Gasteiger partial charge on any atom is 0.309 e. The minimum Gasteiger partial charge on any atom is -0.463 e. The third kappa shape index (κ3) is 5.52. The summed E-state index contributed by atoms with van der Waals surface area (Å²) >= 11 is 0. The first kappa shape index (κ1) is 25.3. The van der Waals surface area contributed by atoms with Crippen LogP contribution in [0.5, 0.6) is 0 Å². The van der Waals surface area contributed by atoms with Gasteiger partial charge in [-0.25, -0.2) is 15.0 Å². The van der Waals surface area contributed by atoms with Crippen LogP contribution in [-0.4, -0.2) is 81.6 Å². The van der Waals surface area contributed by atoms with Gasteiger partial charge in [0.25, 0.3) is 0 Å². The van der Waals surface area contributed by atoms with Gasteiger partial charge in [0.05, 0.1) is 24.9 Å². The van der Waals surface area contributed by atoms with E-state index in [0.717, 1.165) is 32.1 Å². The zero-order valence-corrected chi connectivity index (χ0v) is 20.8. The van der Waals surface area contributed by atoms with Crippen molar-refractivity contribution in [3.8, 4) is 0 Å². The van der Waals surface area contributed by atoms with Gasteiger partial charge in [0.15, 0.2) is 35.4 Å². The van der Waals surface area contributed by atoms with Gasteiger partial charge in [0.2, 0.25) is 0 Å². The molecule has 200 valence electrons. The van der Waals surface area contributed by atoms with Crippen LogP contribution >= 0.6 is 0 Å². The molecule has 37 heavy (non-hydrogen) atoms. The Morgan fingerprint density at radius 2 is 1.81 bits per heavy atom. The summed E-state index contributed by atoms with van der Waals surface area (Å²) in [4.78, 5) is 49.7. The number of nitrogens with one attached hydrogen (secondary N) is 1. The van der Waals surface area contributed by atoms with Crippen LogP contribution in [-0.2, 0) is 38.1 Å². The highest BCUT2D eigenvalue weighted by Crippen LogP contribution is 2.37. The van der Waals surface area contributed by atoms with Crippen molar-refractivity contribution in [3.05, 3.63) is 12.7 Å². The lowest BCUT2D eigenvalue weighted by Gasteiger charge is -2.24. The molecule has 1 aliphatic carbocycles. The van der Waals surface area contributed by atoms with E-state index in [-0.39, 0.29) is 24.5 Å². The second-order valence-electron chi connectivity index (χ2n) is 9.58. The molecule has 1 saturated carbocycles. The number of imidazole rings is 1. The Morgan fingerprint density at radius 1 is 1.05 bits per heavy atom. The van der Waals surface area contributed by atoms with Crippen molar-refractivity contribution in [1.82, 2.24) is 19.5 Å². The van der Waals surface area contributed by atoms with Gasteiger partial charge in [-0.2, -0.15) is 0 Å². The van der Waals surface area contributed by atoms with Crippen molar-refractivity contribution in [2.75, 3.05) is 25.1 Å². The van der Waals surface area contributed by atoms with E-state index in [1.54, 1.807) is 4.57 Å². The quantitative estimate of drug-likeness (QED) is 0.399. The molecule has 2 aliphatic heterocycles. The maximum atomic E-state index is 12.5. The van der Waals surface area contributed by atoms with Gasteiger partial charge in [0.1, 0.15) is 19.0 Å². The monoisotopic (exact) mass is 517 g/mol. The molecule has 3 fully saturated rings. The van der Waals surface area contributed by atoms with E-state index in [0.29, 0.717) is 30.2 Å². The van der Waals surface area contributed by atoms with Crippen LogP contribution in [0.25, 0.3) is 11.2 Å². The lowest BCUT2D eigenvalue weighted by atomic mass is 10.1. The standard InChI is InChI=1S/C24H31N5O8/c1-13(30)35-19-17(10-34-24(32)15-5-3-4-6-15)37-23(20(19)36-14(2)31)29-12-27-18-21(25-11-26-22(18)29)28-16-7-8-33-9-16/h11-12,15-17,19-20,23H,3-10H2,1-2H3,(H,25,26,28)/t16-,17-,19-,20-,23?/m1/s1. The summed E-state index contributed by atoms with van der Waals surface area (Å²) in [6.45, 7) is 3.60. The van der Waals surface area contributed by atoms with Crippen LogP contribution in [0.3, 0.4) is 0 Å². The van der Waals surface area contributed by atoms with Gasteiger partial charge in [-0.1, -0.05) is 12.8 Å². The van der Waals surface area contributed by atoms with Crippen molar-refractivity contribution in [2.24, 2.45) is 5.92 Å². The van der Waals surface area contributed by atoms with Crippen LogP contribution in [0.15, 0.2) is 12.7 Å². The van der Waals surface area contributed by atoms with Gasteiger partial charge >= 0.3 is 17.9 Å². The molecule has 0 aromatic carbocycles. The number of fused-ring (bicyclic) bond motifs is 1. The molecule has 2 saturated heterocycles. The Balaban J connectivity index is 1.42. The average molecular weight is 518 g/mol. The Hall–Kier alpha value is -3.32. The molecule has 0 amide bonds. The molecule has 13 heteroatoms.